The second-order valence-corrected chi connectivity index (χ2v) is 8.01. The van der Waals surface area contributed by atoms with Crippen LogP contribution in [0.2, 0.25) is 0 Å². The van der Waals surface area contributed by atoms with E-state index in [2.05, 4.69) is 10.6 Å². The largest absolute Gasteiger partial charge is 0.466 e. The average molecular weight is 410 g/mol. The number of nitrogens with one attached hydrogen (secondary N) is 2. The molecule has 0 aliphatic rings. The van der Waals surface area contributed by atoms with Crippen molar-refractivity contribution in [3.05, 3.63) is 83.3 Å². The first-order chi connectivity index (χ1) is 13.9. The van der Waals surface area contributed by atoms with E-state index in [0.717, 1.165) is 10.5 Å². The summed E-state index contributed by atoms with van der Waals surface area (Å²) in [6.07, 6.45) is 0. The maximum absolute atomic E-state index is 12.5. The molecule has 2 aromatic carbocycles. The summed E-state index contributed by atoms with van der Waals surface area (Å²) >= 11 is 0. The first-order valence-electron chi connectivity index (χ1n) is 9.10. The van der Waals surface area contributed by atoms with Crippen molar-refractivity contribution in [2.45, 2.75) is 24.5 Å². The predicted molar refractivity (Wildman–Crippen MR) is 112 cm³/mol. The smallest absolute Gasteiger partial charge is 0.255 e. The lowest BCUT2D eigenvalue weighted by molar-refractivity contribution is -0.115. The number of aryl methyl sites for hydroxylation is 2. The zero-order chi connectivity index (χ0) is 20.8. The van der Waals surface area contributed by atoms with Crippen LogP contribution < -0.4 is 10.6 Å². The molecule has 1 unspecified atom stereocenters. The minimum atomic E-state index is -1.17. The fourth-order valence-electron chi connectivity index (χ4n) is 2.86. The summed E-state index contributed by atoms with van der Waals surface area (Å²) in [5, 5.41) is 5.33. The molecule has 0 radical (unpaired) electrons. The Bertz CT molecular complexity index is 1040. The van der Waals surface area contributed by atoms with E-state index in [1.54, 1.807) is 38.1 Å². The van der Waals surface area contributed by atoms with Gasteiger partial charge in [-0.15, -0.1) is 0 Å². The lowest BCUT2D eigenvalue weighted by Gasteiger charge is -2.09. The third-order valence-corrected chi connectivity index (χ3v) is 5.60. The van der Waals surface area contributed by atoms with Gasteiger partial charge in [-0.1, -0.05) is 30.3 Å². The molecule has 0 aliphatic heterocycles. The van der Waals surface area contributed by atoms with E-state index in [9.17, 15) is 13.8 Å². The van der Waals surface area contributed by atoms with Gasteiger partial charge in [0.2, 0.25) is 5.91 Å². The van der Waals surface area contributed by atoms with E-state index < -0.39 is 10.8 Å². The monoisotopic (exact) mass is 410 g/mol. The molecule has 150 valence electrons. The summed E-state index contributed by atoms with van der Waals surface area (Å²) in [4.78, 5) is 25.1. The molecule has 0 spiro atoms. The Labute approximate surface area is 171 Å². The van der Waals surface area contributed by atoms with E-state index in [0.29, 0.717) is 28.5 Å². The molecule has 1 aromatic heterocycles. The van der Waals surface area contributed by atoms with Gasteiger partial charge in [0.1, 0.15) is 11.5 Å². The van der Waals surface area contributed by atoms with Gasteiger partial charge in [-0.3, -0.25) is 13.8 Å². The lowest BCUT2D eigenvalue weighted by atomic mass is 10.2. The zero-order valence-corrected chi connectivity index (χ0v) is 17.0. The molecule has 0 aliphatic carbocycles. The highest BCUT2D eigenvalue weighted by Gasteiger charge is 2.14. The van der Waals surface area contributed by atoms with Crippen molar-refractivity contribution in [2.24, 2.45) is 0 Å². The molecule has 29 heavy (non-hydrogen) atoms. The summed E-state index contributed by atoms with van der Waals surface area (Å²) in [6, 6.07) is 18.1. The van der Waals surface area contributed by atoms with Crippen molar-refractivity contribution in [3.8, 4) is 0 Å². The Morgan fingerprint density at radius 1 is 1.00 bits per heavy atom. The van der Waals surface area contributed by atoms with Crippen molar-refractivity contribution < 1.29 is 18.2 Å². The second-order valence-electron chi connectivity index (χ2n) is 6.56. The van der Waals surface area contributed by atoms with E-state index in [-0.39, 0.29) is 18.4 Å². The van der Waals surface area contributed by atoms with E-state index in [1.807, 2.05) is 36.4 Å². The molecule has 0 bridgehead atoms. The number of rotatable bonds is 7. The summed E-state index contributed by atoms with van der Waals surface area (Å²) in [5.41, 5.74) is 1.85. The zero-order valence-electron chi connectivity index (χ0n) is 16.2. The molecule has 0 saturated carbocycles. The Morgan fingerprint density at radius 2 is 1.76 bits per heavy atom. The van der Waals surface area contributed by atoms with Gasteiger partial charge in [-0.05, 0) is 49.7 Å². The highest BCUT2D eigenvalue weighted by Crippen LogP contribution is 2.16. The van der Waals surface area contributed by atoms with Crippen LogP contribution in [0.4, 0.5) is 5.69 Å². The highest BCUT2D eigenvalue weighted by atomic mass is 32.2. The molecular formula is C22H22N2O4S. The molecule has 3 rings (SSSR count). The lowest BCUT2D eigenvalue weighted by Crippen LogP contribution is -2.33. The summed E-state index contributed by atoms with van der Waals surface area (Å²) in [5.74, 6) is 0.796. The van der Waals surface area contributed by atoms with E-state index in [4.69, 9.17) is 4.42 Å². The van der Waals surface area contributed by atoms with Crippen LogP contribution in [0, 0.1) is 13.8 Å². The van der Waals surface area contributed by atoms with Crippen LogP contribution in [-0.2, 0) is 21.3 Å². The molecule has 0 saturated heterocycles. The Kier molecular flexibility index (Phi) is 6.61. The van der Waals surface area contributed by atoms with Gasteiger partial charge < -0.3 is 15.1 Å². The molecule has 1 heterocycles. The predicted octanol–water partition coefficient (Wildman–Crippen LogP) is 3.57. The Balaban J connectivity index is 1.55. The SMILES string of the molecule is Cc1cc(C(=O)NCC(=O)Nc2cccc(CS(=O)c3ccccc3)c2)c(C)o1. The Hall–Kier alpha value is -3.19. The molecule has 2 amide bonds. The number of anilines is 1. The molecule has 7 heteroatoms. The number of carbonyl (C=O) groups excluding carboxylic acids is 2. The third kappa shape index (κ3) is 5.65. The summed E-state index contributed by atoms with van der Waals surface area (Å²) < 4.78 is 17.8. The topological polar surface area (TPSA) is 88.4 Å². The summed E-state index contributed by atoms with van der Waals surface area (Å²) in [7, 11) is -1.17. The maximum atomic E-state index is 12.5. The van der Waals surface area contributed by atoms with Crippen molar-refractivity contribution in [1.82, 2.24) is 5.32 Å². The summed E-state index contributed by atoms with van der Waals surface area (Å²) in [6.45, 7) is 3.30. The standard InChI is InChI=1S/C22H22N2O4S/c1-15-11-20(16(2)28-15)22(26)23-13-21(25)24-18-8-6-7-17(12-18)14-29(27)19-9-4-3-5-10-19/h3-12H,13-14H2,1-2H3,(H,23,26)(H,24,25). The normalized spacial score (nSPS) is 11.7. The number of furan rings is 1. The van der Waals surface area contributed by atoms with Crippen LogP contribution in [0.25, 0.3) is 0 Å². The van der Waals surface area contributed by atoms with Crippen molar-refractivity contribution >= 4 is 28.3 Å². The van der Waals surface area contributed by atoms with Gasteiger partial charge in [0, 0.05) is 10.6 Å². The van der Waals surface area contributed by atoms with Gasteiger partial charge in [-0.25, -0.2) is 0 Å². The molecule has 6 nitrogen and oxygen atoms in total. The fourth-order valence-corrected chi connectivity index (χ4v) is 3.97. The van der Waals surface area contributed by atoms with Crippen molar-refractivity contribution in [3.63, 3.8) is 0 Å². The van der Waals surface area contributed by atoms with Crippen LogP contribution in [0.1, 0.15) is 27.4 Å². The first kappa shape index (κ1) is 20.5. The van der Waals surface area contributed by atoms with Gasteiger partial charge in [0.25, 0.3) is 5.91 Å². The van der Waals surface area contributed by atoms with Crippen LogP contribution in [0.5, 0.6) is 0 Å². The minimum absolute atomic E-state index is 0.164. The number of amides is 2. The molecule has 1 atom stereocenters. The molecule has 2 N–H and O–H groups in total. The van der Waals surface area contributed by atoms with E-state index in [1.165, 1.54) is 0 Å². The third-order valence-electron chi connectivity index (χ3n) is 4.21. The number of carbonyl (C=O) groups is 2. The minimum Gasteiger partial charge on any atom is -0.466 e. The fraction of sp³-hybridized carbons (Fsp3) is 0.182. The first-order valence-corrected chi connectivity index (χ1v) is 10.4. The van der Waals surface area contributed by atoms with Gasteiger partial charge >= 0.3 is 0 Å². The molecule has 3 aromatic rings. The van der Waals surface area contributed by atoms with Crippen LogP contribution in [-0.4, -0.2) is 22.6 Å². The number of hydrogen-bond donors (Lipinski definition) is 2. The van der Waals surface area contributed by atoms with Crippen molar-refractivity contribution in [2.75, 3.05) is 11.9 Å². The van der Waals surface area contributed by atoms with Crippen LogP contribution in [0.15, 0.2) is 70.0 Å². The average Bonchev–Trinajstić information content (AvgIpc) is 3.05. The molecular weight excluding hydrogens is 388 g/mol. The van der Waals surface area contributed by atoms with Gasteiger partial charge in [0.15, 0.2) is 0 Å². The van der Waals surface area contributed by atoms with Gasteiger partial charge in [-0.2, -0.15) is 0 Å². The highest BCUT2D eigenvalue weighted by molar-refractivity contribution is 7.84. The van der Waals surface area contributed by atoms with Crippen LogP contribution >= 0.6 is 0 Å². The van der Waals surface area contributed by atoms with Gasteiger partial charge in [0.05, 0.1) is 28.7 Å². The number of benzene rings is 2. The van der Waals surface area contributed by atoms with Crippen molar-refractivity contribution in [1.29, 1.82) is 0 Å². The second kappa shape index (κ2) is 9.34. The Morgan fingerprint density at radius 3 is 2.45 bits per heavy atom. The number of hydrogen-bond acceptors (Lipinski definition) is 4. The maximum Gasteiger partial charge on any atom is 0.255 e. The molecule has 0 fully saturated rings. The quantitative estimate of drug-likeness (QED) is 0.623. The van der Waals surface area contributed by atoms with Crippen LogP contribution in [0.3, 0.4) is 0 Å². The van der Waals surface area contributed by atoms with E-state index >= 15 is 0 Å².